The van der Waals surface area contributed by atoms with Gasteiger partial charge in [-0.05, 0) is 167 Å². The number of para-hydroxylation sites is 2. The van der Waals surface area contributed by atoms with Crippen molar-refractivity contribution in [1.82, 2.24) is 34.5 Å². The molecule has 4 aliphatic rings. The molecule has 3 saturated carbocycles. The number of fused-ring (bicyclic) bond motifs is 3. The van der Waals surface area contributed by atoms with E-state index in [1.165, 1.54) is 124 Å². The van der Waals surface area contributed by atoms with Crippen molar-refractivity contribution in [2.45, 2.75) is 167 Å². The molecule has 11 nitrogen and oxygen atoms in total. The van der Waals surface area contributed by atoms with Crippen molar-refractivity contribution < 1.29 is 113 Å². The molecule has 3 aliphatic carbocycles. The van der Waals surface area contributed by atoms with Gasteiger partial charge in [0.15, 0.2) is 5.69 Å². The van der Waals surface area contributed by atoms with E-state index < -0.39 is 34.9 Å². The van der Waals surface area contributed by atoms with Crippen molar-refractivity contribution in [3.8, 4) is 61.8 Å². The largest absolute Gasteiger partial charge is 0.477 e. The monoisotopic (exact) mass is 2290 g/mol. The van der Waals surface area contributed by atoms with Gasteiger partial charge >= 0.3 is 5.97 Å². The first-order valence-electron chi connectivity index (χ1n) is 39.9. The first kappa shape index (κ1) is 93.1. The third kappa shape index (κ3) is 23.2. The summed E-state index contributed by atoms with van der Waals surface area (Å²) in [5, 5.41) is 10.6. The van der Waals surface area contributed by atoms with Gasteiger partial charge in [-0.1, -0.05) is 232 Å². The Hall–Kier alpha value is -8.74. The van der Waals surface area contributed by atoms with Crippen LogP contribution in [0, 0.1) is 70.9 Å². The van der Waals surface area contributed by atoms with Gasteiger partial charge in [0, 0.05) is 164 Å². The van der Waals surface area contributed by atoms with Gasteiger partial charge in [-0.25, -0.2) is 9.78 Å². The Balaban J connectivity index is 0.000000174. The molecule has 8 heterocycles. The van der Waals surface area contributed by atoms with Gasteiger partial charge in [0.25, 0.3) is 0 Å². The maximum Gasteiger partial charge on any atom is 0.354 e. The normalized spacial score (nSPS) is 16.9. The van der Waals surface area contributed by atoms with E-state index in [1.54, 1.807) is 24.5 Å². The van der Waals surface area contributed by atoms with Gasteiger partial charge in [0.2, 0.25) is 0 Å². The van der Waals surface area contributed by atoms with Crippen LogP contribution in [-0.2, 0) is 109 Å². The minimum Gasteiger partial charge on any atom is -0.477 e. The molecule has 2 atom stereocenters. The molecule has 7 aromatic heterocycles. The van der Waals surface area contributed by atoms with Crippen LogP contribution in [0.3, 0.4) is 0 Å². The Morgan fingerprint density at radius 1 is 0.525 bits per heavy atom. The molecule has 4 radical (unpaired) electrons. The molecule has 118 heavy (non-hydrogen) atoms. The average molecular weight is 2290 g/mol. The molecule has 1 aliphatic heterocycles. The number of halogens is 4. The van der Waals surface area contributed by atoms with Gasteiger partial charge in [-0.2, -0.15) is 0 Å². The van der Waals surface area contributed by atoms with Gasteiger partial charge < -0.3 is 39.3 Å². The van der Waals surface area contributed by atoms with E-state index in [0.717, 1.165) is 99.7 Å². The van der Waals surface area contributed by atoms with E-state index in [9.17, 15) is 18.0 Å². The summed E-state index contributed by atoms with van der Waals surface area (Å²) < 4.78 is 66.0. The van der Waals surface area contributed by atoms with Crippen molar-refractivity contribution in [2.75, 3.05) is 13.2 Å². The van der Waals surface area contributed by atoms with Crippen LogP contribution in [0.15, 0.2) is 225 Å². The average Bonchev–Trinajstić information content (AvgIpc) is 1.62. The molecule has 17 rings (SSSR count). The number of carboxylic acid groups (broad SMARTS) is 1. The molecular weight excluding hydrogens is 2190 g/mol. The molecule has 1 N–H and O–H groups in total. The number of ether oxygens (including phenoxy) is 1. The maximum atomic E-state index is 15.8. The van der Waals surface area contributed by atoms with Crippen molar-refractivity contribution in [3.63, 3.8) is 0 Å². The van der Waals surface area contributed by atoms with Gasteiger partial charge in [0.1, 0.15) is 5.69 Å². The molecule has 2 unspecified atom stereocenters. The van der Waals surface area contributed by atoms with Crippen LogP contribution in [0.25, 0.3) is 88.5 Å². The Labute approximate surface area is 745 Å². The zero-order chi connectivity index (χ0) is 79.7. The summed E-state index contributed by atoms with van der Waals surface area (Å²) in [4.78, 5) is 39.4. The smallest absolute Gasteiger partial charge is 0.354 e. The summed E-state index contributed by atoms with van der Waals surface area (Å²) in [6, 6.07) is 74.4. The molecular formula is C99H96F4Ir4N8O3-4. The predicted octanol–water partition coefficient (Wildman–Crippen LogP) is 25.2. The molecule has 13 aromatic rings. The molecule has 0 spiro atoms. The molecule has 6 aromatic carbocycles. The van der Waals surface area contributed by atoms with Gasteiger partial charge in [-0.3, -0.25) is 22.4 Å². The summed E-state index contributed by atoms with van der Waals surface area (Å²) in [5.74, 6) is -3.06. The quantitative estimate of drug-likeness (QED) is 0.0885. The number of hydrogen-bond acceptors (Lipinski definition) is 8. The number of hydrogen-bond donors (Lipinski definition) is 1. The molecule has 0 amide bonds. The minimum atomic E-state index is -0.990. The zero-order valence-electron chi connectivity index (χ0n) is 67.0. The standard InChI is InChI=1S/C30H25F2N2O.C25H26N.C19H17F2N2.C19H23N2.C6H5NO2.4Ir/c1-30(13-16-35-17-14-30)19-24-25(31)11-10-23(29(24)32)26-18-20(12-15-33-26)34-27-8-4-2-6-21(27)22-7-3-5-9-28(22)34;1-19-14-15-25(2,17-19)18-23-12-7-13-24(26-23)22-11-6-10-21(16-22)20-8-4-3-5-9-20;1-19(9-4-3-5-10-19)13-8-11-23-16(12-13)14-6-7-15(20)18(22-2)17(14)21;1-19(12-6-3-2-4-7-13-19)18-11-10-16(15-21-18)17-9-5-8-14-20-17;8-6(9)5-3-1-2-4-7-5;;;;/h2-9,11-12,15,18H,13-14,16-17,19H2,1H3;3-10,12-13,16,19H,14-15,17-18H2,1-2H3;7-8,11-12H,3-5,9-10H2,1H3;5,8-9,11,14-15H,2-4,6-7,12-13H2,1H3;1-4H,(H,8,9);;;;/q4*-1;;;;;. The van der Waals surface area contributed by atoms with Crippen molar-refractivity contribution in [1.29, 1.82) is 0 Å². The number of carboxylic acids is 1. The SMILES string of the molecule is CC1(Cc2c(F)c[c-]c(-c3cc(-n4c5ccccc5c5ccccc54)ccn3)c2F)CCOCC1.CC1(c2c[c-]c(-c3ccccn3)cn2)CCCCCCC1.CC1CCC(C)(Cc2cccc(-c3[c-]ccc(-c4ccccc4)c3)n2)C1.O=C(O)c1ccccn1.[C-]#[N+]c1c(F)c[c-]c(-c2cc(C3(C)CCCCC3)ccn2)c1F.[Ir].[Ir].[Ir].[Ir]. The Morgan fingerprint density at radius 2 is 1.11 bits per heavy atom. The van der Waals surface area contributed by atoms with E-state index in [0.29, 0.717) is 36.4 Å². The number of rotatable bonds is 13. The number of pyridine rings is 6. The molecule has 1 saturated heterocycles. The first-order valence-corrected chi connectivity index (χ1v) is 39.9. The molecule has 0 bridgehead atoms. The van der Waals surface area contributed by atoms with Crippen LogP contribution in [0.4, 0.5) is 23.2 Å². The van der Waals surface area contributed by atoms with Crippen molar-refractivity contribution >= 4 is 33.5 Å². The minimum absolute atomic E-state index is 0. The summed E-state index contributed by atoms with van der Waals surface area (Å²) >= 11 is 0. The van der Waals surface area contributed by atoms with Crippen LogP contribution < -0.4 is 0 Å². The molecule has 618 valence electrons. The second-order valence-electron chi connectivity index (χ2n) is 32.1. The number of benzene rings is 6. The summed E-state index contributed by atoms with van der Waals surface area (Å²) in [5.41, 5.74) is 14.1. The number of nitrogens with zero attached hydrogens (tertiary/aromatic N) is 8. The third-order valence-electron chi connectivity index (χ3n) is 23.3. The Kier molecular flexibility index (Phi) is 34.3. The number of aromatic carboxylic acids is 1. The van der Waals surface area contributed by atoms with Crippen LogP contribution in [-0.4, -0.2) is 58.8 Å². The van der Waals surface area contributed by atoms with Crippen LogP contribution >= 0.6 is 0 Å². The molecule has 19 heteroatoms. The molecule has 4 fully saturated rings. The Bertz CT molecular complexity index is 5410. The topological polar surface area (TPSA) is 133 Å². The zero-order valence-corrected chi connectivity index (χ0v) is 76.6. The summed E-state index contributed by atoms with van der Waals surface area (Å²) in [6.45, 7) is 19.6. The maximum absolute atomic E-state index is 15.8. The second-order valence-corrected chi connectivity index (χ2v) is 32.1. The van der Waals surface area contributed by atoms with E-state index in [1.807, 2.05) is 85.2 Å². The third-order valence-corrected chi connectivity index (χ3v) is 23.3. The van der Waals surface area contributed by atoms with E-state index >= 15 is 4.39 Å². The first-order chi connectivity index (χ1) is 55.3. The van der Waals surface area contributed by atoms with Crippen LogP contribution in [0.2, 0.25) is 0 Å². The fourth-order valence-corrected chi connectivity index (χ4v) is 16.8. The van der Waals surface area contributed by atoms with Crippen molar-refractivity contribution in [2.24, 2.45) is 16.7 Å². The van der Waals surface area contributed by atoms with Gasteiger partial charge in [0.05, 0.1) is 17.6 Å². The number of carbonyl (C=O) groups is 1. The Morgan fingerprint density at radius 3 is 1.72 bits per heavy atom. The predicted molar refractivity (Wildman–Crippen MR) is 446 cm³/mol. The fourth-order valence-electron chi connectivity index (χ4n) is 16.8. The summed E-state index contributed by atoms with van der Waals surface area (Å²) in [7, 11) is 0. The summed E-state index contributed by atoms with van der Waals surface area (Å²) in [6.07, 6.45) is 30.5. The van der Waals surface area contributed by atoms with Crippen molar-refractivity contribution in [3.05, 3.63) is 312 Å². The van der Waals surface area contributed by atoms with E-state index in [-0.39, 0.29) is 119 Å². The van der Waals surface area contributed by atoms with Crippen LogP contribution in [0.1, 0.15) is 177 Å². The van der Waals surface area contributed by atoms with Crippen LogP contribution in [0.5, 0.6) is 0 Å². The van der Waals surface area contributed by atoms with Gasteiger partial charge in [-0.15, -0.1) is 82.9 Å². The number of aromatic nitrogens is 7. The fraction of sp³-hybridized carbons (Fsp3) is 0.313. The van der Waals surface area contributed by atoms with E-state index in [4.69, 9.17) is 26.4 Å². The van der Waals surface area contributed by atoms with E-state index in [2.05, 4.69) is 179 Å². The second kappa shape index (κ2) is 43.5.